The second-order valence-electron chi connectivity index (χ2n) is 5.80. The fourth-order valence-electron chi connectivity index (χ4n) is 2.47. The molecule has 0 aromatic carbocycles. The summed E-state index contributed by atoms with van der Waals surface area (Å²) in [6.45, 7) is 4.42. The summed E-state index contributed by atoms with van der Waals surface area (Å²) >= 11 is 0. The van der Waals surface area contributed by atoms with Crippen molar-refractivity contribution >= 4 is 0 Å². The minimum Gasteiger partial charge on any atom is -0.317 e. The van der Waals surface area contributed by atoms with Gasteiger partial charge in [0, 0.05) is 19.5 Å². The molecule has 0 spiro atoms. The third-order valence-electron chi connectivity index (χ3n) is 3.81. The van der Waals surface area contributed by atoms with Gasteiger partial charge in [-0.1, -0.05) is 6.92 Å². The first-order valence-electron chi connectivity index (χ1n) is 7.50. The van der Waals surface area contributed by atoms with Gasteiger partial charge in [-0.05, 0) is 36.7 Å². The van der Waals surface area contributed by atoms with Crippen LogP contribution in [0.1, 0.15) is 49.6 Å². The largest absolute Gasteiger partial charge is 0.317 e. The SMILES string of the molecule is CCCn1nnnc1CN(C)Cc1nnc(C2CC2)n1C. The summed E-state index contributed by atoms with van der Waals surface area (Å²) in [7, 11) is 4.11. The van der Waals surface area contributed by atoms with Crippen LogP contribution in [0.4, 0.5) is 0 Å². The van der Waals surface area contributed by atoms with Crippen molar-refractivity contribution in [2.24, 2.45) is 7.05 Å². The lowest BCUT2D eigenvalue weighted by molar-refractivity contribution is 0.291. The van der Waals surface area contributed by atoms with E-state index in [1.165, 1.54) is 12.8 Å². The van der Waals surface area contributed by atoms with Crippen LogP contribution in [0.5, 0.6) is 0 Å². The molecule has 2 aromatic rings. The molecule has 1 saturated carbocycles. The number of tetrazole rings is 1. The maximum absolute atomic E-state index is 4.32. The van der Waals surface area contributed by atoms with E-state index in [0.29, 0.717) is 12.5 Å². The first-order chi connectivity index (χ1) is 10.2. The lowest BCUT2D eigenvalue weighted by atomic mass is 10.4. The van der Waals surface area contributed by atoms with E-state index in [1.807, 2.05) is 4.68 Å². The van der Waals surface area contributed by atoms with E-state index in [9.17, 15) is 0 Å². The quantitative estimate of drug-likeness (QED) is 0.748. The Morgan fingerprint density at radius 2 is 1.90 bits per heavy atom. The van der Waals surface area contributed by atoms with E-state index in [4.69, 9.17) is 0 Å². The monoisotopic (exact) mass is 290 g/mol. The highest BCUT2D eigenvalue weighted by Gasteiger charge is 2.29. The Labute approximate surface area is 124 Å². The van der Waals surface area contributed by atoms with Crippen LogP contribution in [0.2, 0.25) is 0 Å². The molecule has 0 saturated heterocycles. The highest BCUT2D eigenvalue weighted by molar-refractivity contribution is 5.07. The third kappa shape index (κ3) is 3.10. The summed E-state index contributed by atoms with van der Waals surface area (Å²) in [5.41, 5.74) is 0. The topological polar surface area (TPSA) is 77.6 Å². The van der Waals surface area contributed by atoms with Crippen LogP contribution in [0.3, 0.4) is 0 Å². The van der Waals surface area contributed by atoms with E-state index in [0.717, 1.165) is 37.0 Å². The number of aryl methyl sites for hydroxylation is 1. The first-order valence-corrected chi connectivity index (χ1v) is 7.50. The number of aromatic nitrogens is 7. The molecule has 0 bridgehead atoms. The van der Waals surface area contributed by atoms with Crippen molar-refractivity contribution in [2.75, 3.05) is 7.05 Å². The molecule has 1 aliphatic carbocycles. The summed E-state index contributed by atoms with van der Waals surface area (Å²) in [6.07, 6.45) is 3.51. The number of hydrogen-bond acceptors (Lipinski definition) is 6. The van der Waals surface area contributed by atoms with Gasteiger partial charge in [-0.15, -0.1) is 15.3 Å². The van der Waals surface area contributed by atoms with Crippen LogP contribution in [-0.4, -0.2) is 46.9 Å². The molecule has 0 amide bonds. The fraction of sp³-hybridized carbons (Fsp3) is 0.769. The lowest BCUT2D eigenvalue weighted by Gasteiger charge is -2.15. The van der Waals surface area contributed by atoms with Gasteiger partial charge < -0.3 is 4.57 Å². The Balaban J connectivity index is 1.63. The Bertz CT molecular complexity index is 597. The molecule has 1 fully saturated rings. The molecule has 3 rings (SSSR count). The molecule has 8 heteroatoms. The normalized spacial score (nSPS) is 15.0. The zero-order chi connectivity index (χ0) is 14.8. The Kier molecular flexibility index (Phi) is 3.96. The molecule has 1 aliphatic rings. The van der Waals surface area contributed by atoms with Gasteiger partial charge >= 0.3 is 0 Å². The van der Waals surface area contributed by atoms with Crippen LogP contribution in [-0.2, 0) is 26.7 Å². The molecular weight excluding hydrogens is 268 g/mol. The first kappa shape index (κ1) is 14.1. The van der Waals surface area contributed by atoms with E-state index in [1.54, 1.807) is 0 Å². The van der Waals surface area contributed by atoms with Crippen LogP contribution in [0.15, 0.2) is 0 Å². The van der Waals surface area contributed by atoms with E-state index in [-0.39, 0.29) is 0 Å². The summed E-state index contributed by atoms with van der Waals surface area (Å²) in [5.74, 6) is 3.63. The second kappa shape index (κ2) is 5.88. The second-order valence-corrected chi connectivity index (χ2v) is 5.80. The van der Waals surface area contributed by atoms with Crippen molar-refractivity contribution < 1.29 is 0 Å². The fourth-order valence-corrected chi connectivity index (χ4v) is 2.47. The summed E-state index contributed by atoms with van der Waals surface area (Å²) < 4.78 is 3.99. The number of rotatable bonds is 7. The van der Waals surface area contributed by atoms with Crippen LogP contribution in [0, 0.1) is 0 Å². The molecule has 0 radical (unpaired) electrons. The molecule has 0 N–H and O–H groups in total. The van der Waals surface area contributed by atoms with E-state index >= 15 is 0 Å². The average Bonchev–Trinajstić information content (AvgIpc) is 3.11. The van der Waals surface area contributed by atoms with Crippen molar-refractivity contribution in [3.8, 4) is 0 Å². The molecule has 0 aliphatic heterocycles. The van der Waals surface area contributed by atoms with Gasteiger partial charge in [0.2, 0.25) is 0 Å². The van der Waals surface area contributed by atoms with Gasteiger partial charge in [0.1, 0.15) is 11.6 Å². The number of nitrogens with zero attached hydrogens (tertiary/aromatic N) is 8. The Morgan fingerprint density at radius 1 is 1.14 bits per heavy atom. The van der Waals surface area contributed by atoms with Gasteiger partial charge in [0.05, 0.1) is 13.1 Å². The van der Waals surface area contributed by atoms with Gasteiger partial charge in [-0.3, -0.25) is 4.90 Å². The molecule has 114 valence electrons. The van der Waals surface area contributed by atoms with Gasteiger partial charge in [0.15, 0.2) is 5.82 Å². The van der Waals surface area contributed by atoms with E-state index in [2.05, 4.69) is 56.2 Å². The standard InChI is InChI=1S/C13H22N8/c1-4-7-21-12(15-17-18-21)9-19(2)8-11-14-16-13(20(11)3)10-5-6-10/h10H,4-9H2,1-3H3. The average molecular weight is 290 g/mol. The Hall–Kier alpha value is -1.83. The number of hydrogen-bond donors (Lipinski definition) is 0. The zero-order valence-electron chi connectivity index (χ0n) is 12.9. The van der Waals surface area contributed by atoms with Crippen molar-refractivity contribution in [1.29, 1.82) is 0 Å². The minimum absolute atomic E-state index is 0.624. The molecular formula is C13H22N8. The maximum Gasteiger partial charge on any atom is 0.165 e. The van der Waals surface area contributed by atoms with Crippen LogP contribution < -0.4 is 0 Å². The van der Waals surface area contributed by atoms with E-state index < -0.39 is 0 Å². The van der Waals surface area contributed by atoms with Gasteiger partial charge in [0.25, 0.3) is 0 Å². The van der Waals surface area contributed by atoms with Crippen molar-refractivity contribution in [3.05, 3.63) is 17.5 Å². The smallest absolute Gasteiger partial charge is 0.165 e. The van der Waals surface area contributed by atoms with Crippen LogP contribution in [0.25, 0.3) is 0 Å². The minimum atomic E-state index is 0.624. The highest BCUT2D eigenvalue weighted by atomic mass is 15.5. The summed E-state index contributed by atoms with van der Waals surface area (Å²) in [4.78, 5) is 2.17. The van der Waals surface area contributed by atoms with Crippen molar-refractivity contribution in [1.82, 2.24) is 39.9 Å². The van der Waals surface area contributed by atoms with Crippen molar-refractivity contribution in [2.45, 2.75) is 51.7 Å². The van der Waals surface area contributed by atoms with Crippen molar-refractivity contribution in [3.63, 3.8) is 0 Å². The van der Waals surface area contributed by atoms with Gasteiger partial charge in [-0.25, -0.2) is 4.68 Å². The van der Waals surface area contributed by atoms with Crippen LogP contribution >= 0.6 is 0 Å². The maximum atomic E-state index is 4.32. The summed E-state index contributed by atoms with van der Waals surface area (Å²) in [6, 6.07) is 0. The predicted molar refractivity (Wildman–Crippen MR) is 76.3 cm³/mol. The molecule has 0 atom stereocenters. The molecule has 21 heavy (non-hydrogen) atoms. The molecule has 0 unspecified atom stereocenters. The third-order valence-corrected chi connectivity index (χ3v) is 3.81. The molecule has 2 heterocycles. The highest BCUT2D eigenvalue weighted by Crippen LogP contribution is 2.38. The Morgan fingerprint density at radius 3 is 2.62 bits per heavy atom. The molecule has 2 aromatic heterocycles. The predicted octanol–water partition coefficient (Wildman–Crippen LogP) is 0.721. The summed E-state index contributed by atoms with van der Waals surface area (Å²) in [5, 5.41) is 20.5. The lowest BCUT2D eigenvalue weighted by Crippen LogP contribution is -2.22. The van der Waals surface area contributed by atoms with Gasteiger partial charge in [-0.2, -0.15) is 0 Å². The molecule has 8 nitrogen and oxygen atoms in total. The zero-order valence-corrected chi connectivity index (χ0v) is 12.9.